The van der Waals surface area contributed by atoms with Gasteiger partial charge in [-0.25, -0.2) is 12.7 Å². The van der Waals surface area contributed by atoms with Crippen molar-refractivity contribution in [1.82, 2.24) is 9.62 Å². The number of amides is 1. The molecule has 1 atom stereocenters. The summed E-state index contributed by atoms with van der Waals surface area (Å²) in [4.78, 5) is 12.9. The number of rotatable bonds is 5. The maximum absolute atomic E-state index is 12.6. The van der Waals surface area contributed by atoms with E-state index in [2.05, 4.69) is 11.4 Å². The van der Waals surface area contributed by atoms with E-state index in [4.69, 9.17) is 0 Å². The van der Waals surface area contributed by atoms with Crippen LogP contribution >= 0.6 is 0 Å². The summed E-state index contributed by atoms with van der Waals surface area (Å²) in [5, 5.41) is 2.99. The number of carbonyl (C=O) groups excluding carboxylic acids is 1. The highest BCUT2D eigenvalue weighted by atomic mass is 32.2. The fourth-order valence-corrected chi connectivity index (χ4v) is 4.23. The lowest BCUT2D eigenvalue weighted by atomic mass is 9.82. The zero-order chi connectivity index (χ0) is 18.7. The van der Waals surface area contributed by atoms with E-state index in [0.29, 0.717) is 6.54 Å². The summed E-state index contributed by atoms with van der Waals surface area (Å²) in [7, 11) is -0.419. The molecule has 1 aliphatic carbocycles. The molecule has 0 unspecified atom stereocenters. The zero-order valence-corrected chi connectivity index (χ0v) is 15.9. The van der Waals surface area contributed by atoms with Crippen LogP contribution in [0.25, 0.3) is 0 Å². The van der Waals surface area contributed by atoms with Gasteiger partial charge in [-0.3, -0.25) is 4.79 Å². The fourth-order valence-electron chi connectivity index (χ4n) is 3.33. The lowest BCUT2D eigenvalue weighted by Crippen LogP contribution is -2.31. The van der Waals surface area contributed by atoms with Gasteiger partial charge in [0.1, 0.15) is 0 Å². The van der Waals surface area contributed by atoms with Gasteiger partial charge in [0.15, 0.2) is 0 Å². The standard InChI is InChI=1S/C20H24N2O3S/c1-22(2)26(24,25)17-12-10-15(11-13-17)14-21-20(23)19-9-5-7-16-6-3-4-8-18(16)19/h3-4,6,8,10-13,19H,5,7,9,14H2,1-2H3,(H,21,23)/t19-/m0/s1. The molecule has 0 fully saturated rings. The summed E-state index contributed by atoms with van der Waals surface area (Å²) in [6, 6.07) is 14.8. The number of aryl methyl sites for hydroxylation is 1. The van der Waals surface area contributed by atoms with Gasteiger partial charge in [-0.15, -0.1) is 0 Å². The first-order valence-corrected chi connectivity index (χ1v) is 10.2. The van der Waals surface area contributed by atoms with Crippen LogP contribution in [-0.2, 0) is 27.8 Å². The Hall–Kier alpha value is -2.18. The Morgan fingerprint density at radius 2 is 1.81 bits per heavy atom. The molecule has 0 aliphatic heterocycles. The normalized spacial score (nSPS) is 17.0. The number of nitrogens with zero attached hydrogens (tertiary/aromatic N) is 1. The first-order chi connectivity index (χ1) is 12.4. The van der Waals surface area contributed by atoms with Crippen molar-refractivity contribution in [3.8, 4) is 0 Å². The minimum atomic E-state index is -3.43. The van der Waals surface area contributed by atoms with E-state index in [1.54, 1.807) is 24.3 Å². The molecule has 1 aliphatic rings. The predicted octanol–water partition coefficient (Wildman–Crippen LogP) is 2.67. The van der Waals surface area contributed by atoms with Crippen LogP contribution in [0.1, 0.15) is 35.4 Å². The molecule has 3 rings (SSSR count). The third kappa shape index (κ3) is 3.81. The molecular weight excluding hydrogens is 348 g/mol. The molecule has 0 bridgehead atoms. The van der Waals surface area contributed by atoms with Gasteiger partial charge in [0.25, 0.3) is 0 Å². The van der Waals surface area contributed by atoms with Crippen LogP contribution in [0.3, 0.4) is 0 Å². The summed E-state index contributed by atoms with van der Waals surface area (Å²) in [5.41, 5.74) is 3.26. The first-order valence-electron chi connectivity index (χ1n) is 8.76. The first kappa shape index (κ1) is 18.6. The number of hydrogen-bond acceptors (Lipinski definition) is 3. The number of benzene rings is 2. The Morgan fingerprint density at radius 1 is 1.12 bits per heavy atom. The predicted molar refractivity (Wildman–Crippen MR) is 101 cm³/mol. The largest absolute Gasteiger partial charge is 0.351 e. The minimum absolute atomic E-state index is 0.0298. The second-order valence-corrected chi connectivity index (χ2v) is 8.94. The lowest BCUT2D eigenvalue weighted by Gasteiger charge is -2.24. The molecule has 5 nitrogen and oxygen atoms in total. The molecule has 1 N–H and O–H groups in total. The van der Waals surface area contributed by atoms with E-state index >= 15 is 0 Å². The molecule has 1 amide bonds. The van der Waals surface area contributed by atoms with Gasteiger partial charge in [0.2, 0.25) is 15.9 Å². The monoisotopic (exact) mass is 372 g/mol. The molecule has 2 aromatic rings. The fraction of sp³-hybridized carbons (Fsp3) is 0.350. The summed E-state index contributed by atoms with van der Waals surface area (Å²) in [6.45, 7) is 0.389. The van der Waals surface area contributed by atoms with Gasteiger partial charge in [-0.1, -0.05) is 36.4 Å². The Bertz CT molecular complexity index is 890. The van der Waals surface area contributed by atoms with Crippen LogP contribution in [0.2, 0.25) is 0 Å². The topological polar surface area (TPSA) is 66.5 Å². The second kappa shape index (κ2) is 7.60. The van der Waals surface area contributed by atoms with Crippen LogP contribution in [0.15, 0.2) is 53.4 Å². The average Bonchev–Trinajstić information content (AvgIpc) is 2.66. The van der Waals surface area contributed by atoms with E-state index in [0.717, 1.165) is 30.4 Å². The Kier molecular flexibility index (Phi) is 5.44. The molecule has 26 heavy (non-hydrogen) atoms. The highest BCUT2D eigenvalue weighted by molar-refractivity contribution is 7.89. The molecule has 2 aromatic carbocycles. The smallest absolute Gasteiger partial charge is 0.242 e. The van der Waals surface area contributed by atoms with Crippen molar-refractivity contribution >= 4 is 15.9 Å². The molecule has 138 valence electrons. The maximum atomic E-state index is 12.6. The summed E-state index contributed by atoms with van der Waals surface area (Å²) in [5.74, 6) is -0.0736. The van der Waals surface area contributed by atoms with Crippen molar-refractivity contribution in [3.63, 3.8) is 0 Å². The van der Waals surface area contributed by atoms with Crippen LogP contribution in [0.4, 0.5) is 0 Å². The molecule has 0 saturated carbocycles. The van der Waals surface area contributed by atoms with E-state index < -0.39 is 10.0 Å². The molecule has 0 aromatic heterocycles. The molecule has 0 radical (unpaired) electrons. The molecular formula is C20H24N2O3S. The van der Waals surface area contributed by atoms with Gasteiger partial charge in [-0.2, -0.15) is 0 Å². The van der Waals surface area contributed by atoms with Crippen molar-refractivity contribution in [3.05, 3.63) is 65.2 Å². The Balaban J connectivity index is 1.66. The SMILES string of the molecule is CN(C)S(=O)(=O)c1ccc(CNC(=O)[C@H]2CCCc3ccccc32)cc1. The number of fused-ring (bicyclic) bond motifs is 1. The van der Waals surface area contributed by atoms with Crippen molar-refractivity contribution in [2.45, 2.75) is 36.6 Å². The zero-order valence-electron chi connectivity index (χ0n) is 15.1. The highest BCUT2D eigenvalue weighted by Gasteiger charge is 2.25. The van der Waals surface area contributed by atoms with E-state index in [1.807, 2.05) is 18.2 Å². The lowest BCUT2D eigenvalue weighted by molar-refractivity contribution is -0.123. The van der Waals surface area contributed by atoms with Gasteiger partial charge in [-0.05, 0) is 48.1 Å². The van der Waals surface area contributed by atoms with Gasteiger partial charge < -0.3 is 5.32 Å². The third-order valence-corrected chi connectivity index (χ3v) is 6.68. The average molecular weight is 372 g/mol. The quantitative estimate of drug-likeness (QED) is 0.877. The van der Waals surface area contributed by atoms with Crippen molar-refractivity contribution in [1.29, 1.82) is 0 Å². The van der Waals surface area contributed by atoms with E-state index in [9.17, 15) is 13.2 Å². The number of carbonyl (C=O) groups is 1. The number of nitrogens with one attached hydrogen (secondary N) is 1. The summed E-state index contributed by atoms with van der Waals surface area (Å²) >= 11 is 0. The molecule has 0 heterocycles. The van der Waals surface area contributed by atoms with Gasteiger partial charge >= 0.3 is 0 Å². The summed E-state index contributed by atoms with van der Waals surface area (Å²) in [6.07, 6.45) is 2.91. The van der Waals surface area contributed by atoms with Crippen LogP contribution < -0.4 is 5.32 Å². The maximum Gasteiger partial charge on any atom is 0.242 e. The van der Waals surface area contributed by atoms with Crippen molar-refractivity contribution < 1.29 is 13.2 Å². The van der Waals surface area contributed by atoms with Crippen LogP contribution in [-0.4, -0.2) is 32.7 Å². The molecule has 0 saturated heterocycles. The number of hydrogen-bond donors (Lipinski definition) is 1. The third-order valence-electron chi connectivity index (χ3n) is 4.85. The van der Waals surface area contributed by atoms with Crippen LogP contribution in [0, 0.1) is 0 Å². The second-order valence-electron chi connectivity index (χ2n) is 6.79. The van der Waals surface area contributed by atoms with Gasteiger partial charge in [0, 0.05) is 20.6 Å². The molecule has 0 spiro atoms. The number of sulfonamides is 1. The van der Waals surface area contributed by atoms with E-state index in [1.165, 1.54) is 24.0 Å². The Morgan fingerprint density at radius 3 is 2.50 bits per heavy atom. The van der Waals surface area contributed by atoms with E-state index in [-0.39, 0.29) is 16.7 Å². The van der Waals surface area contributed by atoms with Gasteiger partial charge in [0.05, 0.1) is 10.8 Å². The Labute approximate surface area is 155 Å². The van der Waals surface area contributed by atoms with Crippen molar-refractivity contribution in [2.75, 3.05) is 14.1 Å². The van der Waals surface area contributed by atoms with Crippen LogP contribution in [0.5, 0.6) is 0 Å². The molecule has 6 heteroatoms. The highest BCUT2D eigenvalue weighted by Crippen LogP contribution is 2.31. The minimum Gasteiger partial charge on any atom is -0.351 e. The van der Waals surface area contributed by atoms with Crippen molar-refractivity contribution in [2.24, 2.45) is 0 Å². The summed E-state index contributed by atoms with van der Waals surface area (Å²) < 4.78 is 25.4.